The maximum absolute atomic E-state index is 5.14. The molecular weight excluding hydrogens is 219 g/mol. The van der Waals surface area contributed by atoms with Gasteiger partial charge in [0.1, 0.15) is 5.72 Å². The number of hydrogen-bond acceptors (Lipinski definition) is 3. The van der Waals surface area contributed by atoms with Crippen molar-refractivity contribution in [1.29, 1.82) is 0 Å². The molecule has 3 N–H and O–H groups in total. The summed E-state index contributed by atoms with van der Waals surface area (Å²) >= 11 is -0.381. The highest BCUT2D eigenvalue weighted by Crippen LogP contribution is 2.09. The molecule has 0 atom stereocenters. The van der Waals surface area contributed by atoms with Gasteiger partial charge in [-0.25, -0.2) is 5.43 Å². The van der Waals surface area contributed by atoms with Gasteiger partial charge in [-0.05, 0) is 18.4 Å². The van der Waals surface area contributed by atoms with Gasteiger partial charge in [0.25, 0.3) is 0 Å². The maximum Gasteiger partial charge on any atom is 0.136 e. The van der Waals surface area contributed by atoms with Gasteiger partial charge in [0.05, 0.1) is 0 Å². The Morgan fingerprint density at radius 3 is 2.38 bits per heavy atom. The van der Waals surface area contributed by atoms with Crippen LogP contribution in [0.15, 0.2) is 0 Å². The highest BCUT2D eigenvalue weighted by molar-refractivity contribution is 14.2. The van der Waals surface area contributed by atoms with Gasteiger partial charge in [0.15, 0.2) is 0 Å². The summed E-state index contributed by atoms with van der Waals surface area (Å²) in [5.41, 5.74) is 2.11. The van der Waals surface area contributed by atoms with Gasteiger partial charge in [-0.3, -0.25) is 8.91 Å². The summed E-state index contributed by atoms with van der Waals surface area (Å²) in [4.78, 5) is 0. The van der Waals surface area contributed by atoms with E-state index in [1.807, 2.05) is 13.8 Å². The Morgan fingerprint density at radius 1 is 1.75 bits per heavy atom. The topological polar surface area (TPSA) is 47.3 Å². The fourth-order valence-electron chi connectivity index (χ4n) is 0.159. The zero-order valence-corrected chi connectivity index (χ0v) is 7.23. The summed E-state index contributed by atoms with van der Waals surface area (Å²) in [5.74, 6) is 5.11. The second-order valence-electron chi connectivity index (χ2n) is 1.84. The van der Waals surface area contributed by atoms with Crippen molar-refractivity contribution in [3.05, 3.63) is 0 Å². The van der Waals surface area contributed by atoms with E-state index in [1.165, 1.54) is 0 Å². The second-order valence-corrected chi connectivity index (χ2v) is 2.90. The van der Waals surface area contributed by atoms with E-state index < -0.39 is 5.72 Å². The van der Waals surface area contributed by atoms with E-state index in [0.29, 0.717) is 0 Å². The zero-order valence-electron chi connectivity index (χ0n) is 5.07. The van der Waals surface area contributed by atoms with Crippen LogP contribution in [0.2, 0.25) is 0 Å². The van der Waals surface area contributed by atoms with Crippen LogP contribution < -0.4 is 11.3 Å². The first kappa shape index (κ1) is 8.48. The lowest BCUT2D eigenvalue weighted by atomic mass is 10.3. The van der Waals surface area contributed by atoms with Crippen LogP contribution in [-0.4, -0.2) is 10.2 Å². The summed E-state index contributed by atoms with van der Waals surface area (Å²) in [6.07, 6.45) is 0. The molecule has 0 saturated carbocycles. The van der Waals surface area contributed by atoms with Gasteiger partial charge < -0.3 is 0 Å². The van der Waals surface area contributed by atoms with Crippen LogP contribution in [-0.2, 0) is 3.07 Å². The van der Waals surface area contributed by atoms with Crippen LogP contribution in [0.5, 0.6) is 0 Å². The molecule has 50 valence electrons. The lowest BCUT2D eigenvalue weighted by molar-refractivity contribution is 0.128. The Bertz CT molecular complexity index is 84.1. The van der Waals surface area contributed by atoms with Crippen molar-refractivity contribution in [3.63, 3.8) is 0 Å². The molecule has 0 aromatic rings. The molecule has 0 heterocycles. The Morgan fingerprint density at radius 2 is 2.25 bits per heavy atom. The first-order valence-electron chi connectivity index (χ1n) is 2.16. The van der Waals surface area contributed by atoms with Gasteiger partial charge in [0.2, 0.25) is 0 Å². The number of rotatable bonds is 3. The van der Waals surface area contributed by atoms with Gasteiger partial charge in [-0.15, -0.1) is 0 Å². The van der Waals surface area contributed by atoms with Crippen molar-refractivity contribution >= 4 is 25.7 Å². The van der Waals surface area contributed by atoms with E-state index in [4.69, 9.17) is 8.91 Å². The number of nitrogens with two attached hydrogens (primary N) is 1. The maximum atomic E-state index is 5.14. The predicted octanol–water partition coefficient (Wildman–Crippen LogP) is 0.520. The smallest absolute Gasteiger partial charge is 0.136 e. The Balaban J connectivity index is 3.53. The standard InChI is InChI=1S/C4H11IN2O/c1-4(2,7-6)8-5-3/h7H,3,6H2,1-2H3. The fraction of sp³-hybridized carbons (Fsp3) is 0.750. The minimum absolute atomic E-state index is 0.381. The number of hydrogen-bond donors (Lipinski definition) is 2. The van der Waals surface area contributed by atoms with E-state index in [-0.39, 0.29) is 21.1 Å². The summed E-state index contributed by atoms with van der Waals surface area (Å²) in [6, 6.07) is 0. The molecule has 0 aliphatic heterocycles. The Kier molecular flexibility index (Phi) is 3.70. The monoisotopic (exact) mass is 230 g/mol. The molecule has 0 rings (SSSR count). The normalized spacial score (nSPS) is 11.9. The number of nitrogens with one attached hydrogen (secondary N) is 1. The molecule has 0 amide bonds. The minimum atomic E-state index is -0.394. The molecule has 8 heavy (non-hydrogen) atoms. The second kappa shape index (κ2) is 3.49. The number of hydrazine groups is 1. The van der Waals surface area contributed by atoms with Gasteiger partial charge in [-0.1, -0.05) is 0 Å². The van der Waals surface area contributed by atoms with E-state index >= 15 is 0 Å². The molecule has 3 nitrogen and oxygen atoms in total. The first-order valence-corrected chi connectivity index (χ1v) is 4.57. The molecule has 0 unspecified atom stereocenters. The fourth-order valence-corrected chi connectivity index (χ4v) is 1.06. The SMILES string of the molecule is C=IOC(C)(C)NN. The van der Waals surface area contributed by atoms with Crippen molar-refractivity contribution in [3.8, 4) is 0 Å². The lowest BCUT2D eigenvalue weighted by Crippen LogP contribution is -2.44. The molecule has 0 aliphatic carbocycles. The minimum Gasteiger partial charge on any atom is -0.300 e. The third-order valence-corrected chi connectivity index (χ3v) is 2.01. The molecule has 0 radical (unpaired) electrons. The van der Waals surface area contributed by atoms with Gasteiger partial charge >= 0.3 is 0 Å². The van der Waals surface area contributed by atoms with Crippen LogP contribution in [0.4, 0.5) is 0 Å². The first-order chi connectivity index (χ1) is 3.62. The molecule has 0 saturated heterocycles. The van der Waals surface area contributed by atoms with Gasteiger partial charge in [-0.2, -0.15) is 0 Å². The third-order valence-electron chi connectivity index (χ3n) is 0.595. The molecule has 4 heteroatoms. The van der Waals surface area contributed by atoms with Crippen LogP contribution in [0.1, 0.15) is 13.8 Å². The average molecular weight is 230 g/mol. The van der Waals surface area contributed by atoms with Crippen molar-refractivity contribution in [2.75, 3.05) is 0 Å². The molecule has 0 aromatic heterocycles. The quantitative estimate of drug-likeness (QED) is 0.321. The van der Waals surface area contributed by atoms with Crippen molar-refractivity contribution in [1.82, 2.24) is 5.43 Å². The van der Waals surface area contributed by atoms with Gasteiger partial charge in [0, 0.05) is 21.1 Å². The highest BCUT2D eigenvalue weighted by Gasteiger charge is 2.12. The van der Waals surface area contributed by atoms with Crippen LogP contribution >= 0.6 is 21.1 Å². The largest absolute Gasteiger partial charge is 0.300 e. The van der Waals surface area contributed by atoms with E-state index in [1.54, 1.807) is 0 Å². The molecule has 0 spiro atoms. The molecule has 0 aliphatic rings. The van der Waals surface area contributed by atoms with Crippen LogP contribution in [0.25, 0.3) is 0 Å². The number of halogens is 1. The van der Waals surface area contributed by atoms with E-state index in [9.17, 15) is 0 Å². The van der Waals surface area contributed by atoms with Crippen molar-refractivity contribution in [2.24, 2.45) is 5.84 Å². The van der Waals surface area contributed by atoms with E-state index in [0.717, 1.165) is 0 Å². The van der Waals surface area contributed by atoms with Crippen molar-refractivity contribution in [2.45, 2.75) is 19.6 Å². The molecule has 0 aromatic carbocycles. The molecule has 0 bridgehead atoms. The highest BCUT2D eigenvalue weighted by atomic mass is 127. The van der Waals surface area contributed by atoms with E-state index in [2.05, 4.69) is 9.94 Å². The molecule has 0 fully saturated rings. The summed E-state index contributed by atoms with van der Waals surface area (Å²) in [5, 5.41) is 0. The van der Waals surface area contributed by atoms with Crippen LogP contribution in [0.3, 0.4) is 0 Å². The molecular formula is C4H11IN2O. The third kappa shape index (κ3) is 3.48. The predicted molar refractivity (Wildman–Crippen MR) is 43.6 cm³/mol. The Hall–Kier alpha value is 0.480. The summed E-state index contributed by atoms with van der Waals surface area (Å²) < 4.78 is 8.75. The average Bonchev–Trinajstić information content (AvgIpc) is 1.67. The zero-order chi connectivity index (χ0) is 6.62. The lowest BCUT2D eigenvalue weighted by Gasteiger charge is -2.19. The summed E-state index contributed by atoms with van der Waals surface area (Å²) in [7, 11) is 0. The van der Waals surface area contributed by atoms with Crippen molar-refractivity contribution < 1.29 is 3.07 Å². The van der Waals surface area contributed by atoms with Crippen LogP contribution in [0, 0.1) is 0 Å². The Labute approximate surface area is 59.9 Å². The summed E-state index contributed by atoms with van der Waals surface area (Å²) in [6.45, 7) is 3.72.